The average Bonchev–Trinajstić information content (AvgIpc) is 3.61. The van der Waals surface area contributed by atoms with Crippen LogP contribution in [-0.4, -0.2) is 33.9 Å². The molecule has 4 aromatic rings. The van der Waals surface area contributed by atoms with Crippen LogP contribution in [0.2, 0.25) is 0 Å². The average molecular weight is 535 g/mol. The molecule has 5 rings (SSSR count). The van der Waals surface area contributed by atoms with Crippen LogP contribution in [0.15, 0.2) is 64.6 Å². The number of rotatable bonds is 6. The van der Waals surface area contributed by atoms with Gasteiger partial charge in [0.15, 0.2) is 0 Å². The van der Waals surface area contributed by atoms with E-state index in [0.29, 0.717) is 11.6 Å². The molecule has 0 unspecified atom stereocenters. The van der Waals surface area contributed by atoms with E-state index >= 15 is 0 Å². The van der Waals surface area contributed by atoms with Gasteiger partial charge in [0.05, 0.1) is 35.2 Å². The summed E-state index contributed by atoms with van der Waals surface area (Å²) >= 11 is 3.27. The van der Waals surface area contributed by atoms with E-state index in [1.807, 2.05) is 35.9 Å². The molecule has 9 heteroatoms. The summed E-state index contributed by atoms with van der Waals surface area (Å²) in [6.45, 7) is 8.60. The van der Waals surface area contributed by atoms with Crippen LogP contribution in [0.4, 0.5) is 5.82 Å². The van der Waals surface area contributed by atoms with Crippen LogP contribution < -0.4 is 10.2 Å². The van der Waals surface area contributed by atoms with Crippen molar-refractivity contribution >= 4 is 40.7 Å². The molecule has 1 N–H and O–H groups in total. The fourth-order valence-electron chi connectivity index (χ4n) is 4.48. The predicted molar refractivity (Wildman–Crippen MR) is 149 cm³/mol. The molecular formula is C28H30N4O3S2. The fourth-order valence-corrected chi connectivity index (χ4v) is 6.65. The van der Waals surface area contributed by atoms with Gasteiger partial charge in [-0.25, -0.2) is 4.68 Å². The zero-order valence-corrected chi connectivity index (χ0v) is 23.0. The van der Waals surface area contributed by atoms with Crippen molar-refractivity contribution in [2.75, 3.05) is 17.2 Å². The number of thiophene rings is 1. The largest absolute Gasteiger partial charge is 0.467 e. The van der Waals surface area contributed by atoms with Crippen molar-refractivity contribution < 1.29 is 14.0 Å². The molecule has 0 radical (unpaired) electrons. The lowest BCUT2D eigenvalue weighted by molar-refractivity contribution is -0.123. The number of aromatic nitrogens is 2. The number of carbonyl (C=O) groups is 2. The Bertz CT molecular complexity index is 1400. The Kier molecular flexibility index (Phi) is 7.00. The molecule has 4 heterocycles. The molecule has 1 atom stereocenters. The Hall–Kier alpha value is -3.30. The number of nitrogens with zero attached hydrogens (tertiary/aromatic N) is 3. The van der Waals surface area contributed by atoms with Crippen molar-refractivity contribution in [1.82, 2.24) is 15.1 Å². The molecule has 0 saturated carbocycles. The van der Waals surface area contributed by atoms with Gasteiger partial charge in [-0.1, -0.05) is 39.0 Å². The second-order valence-corrected chi connectivity index (χ2v) is 12.2. The molecule has 0 spiro atoms. The molecule has 0 saturated heterocycles. The van der Waals surface area contributed by atoms with Crippen molar-refractivity contribution in [1.29, 1.82) is 0 Å². The zero-order chi connectivity index (χ0) is 26.2. The lowest BCUT2D eigenvalue weighted by Crippen LogP contribution is -2.42. The van der Waals surface area contributed by atoms with Gasteiger partial charge in [0.1, 0.15) is 18.1 Å². The van der Waals surface area contributed by atoms with E-state index in [0.717, 1.165) is 27.4 Å². The minimum Gasteiger partial charge on any atom is -0.467 e. The summed E-state index contributed by atoms with van der Waals surface area (Å²) in [7, 11) is 0. The number of hydrogen-bond acceptors (Lipinski definition) is 6. The Morgan fingerprint density at radius 2 is 2.03 bits per heavy atom. The van der Waals surface area contributed by atoms with Crippen molar-refractivity contribution in [3.8, 4) is 5.69 Å². The first-order chi connectivity index (χ1) is 17.7. The number of benzene rings is 1. The van der Waals surface area contributed by atoms with Crippen molar-refractivity contribution in [2.24, 2.45) is 0 Å². The highest BCUT2D eigenvalue weighted by molar-refractivity contribution is 8.00. The normalized spacial score (nSPS) is 15.9. The zero-order valence-electron chi connectivity index (χ0n) is 21.4. The maximum absolute atomic E-state index is 13.6. The van der Waals surface area contributed by atoms with Gasteiger partial charge >= 0.3 is 0 Å². The standard InChI is InChI=1S/C28H30N4O3S2/c1-18-8-5-9-19(14-18)32-27-24(26(30-32)28(2,3)4)25(21-11-7-13-36-21)37-17-23(34)31(27)16-22(33)29-15-20-10-6-12-35-20/h5-14,25H,15-17H2,1-4H3,(H,29,33)/t25-/m0/s1. The molecule has 37 heavy (non-hydrogen) atoms. The number of nitrogens with one attached hydrogen (secondary N) is 1. The first kappa shape index (κ1) is 25.4. The number of fused-ring (bicyclic) bond motifs is 1. The van der Waals surface area contributed by atoms with Crippen molar-refractivity contribution in [3.05, 3.63) is 87.6 Å². The third-order valence-electron chi connectivity index (χ3n) is 6.19. The number of furan rings is 1. The first-order valence-electron chi connectivity index (χ1n) is 12.2. The second kappa shape index (κ2) is 10.2. The third kappa shape index (κ3) is 5.24. The molecule has 1 aliphatic heterocycles. The topological polar surface area (TPSA) is 80.4 Å². The predicted octanol–water partition coefficient (Wildman–Crippen LogP) is 5.62. The van der Waals surface area contributed by atoms with E-state index in [1.54, 1.807) is 46.4 Å². The molecule has 0 aliphatic carbocycles. The van der Waals surface area contributed by atoms with Gasteiger partial charge < -0.3 is 9.73 Å². The maximum atomic E-state index is 13.6. The molecular weight excluding hydrogens is 504 g/mol. The van der Waals surface area contributed by atoms with Gasteiger partial charge in [-0.3, -0.25) is 14.5 Å². The van der Waals surface area contributed by atoms with E-state index in [2.05, 4.69) is 43.6 Å². The minimum atomic E-state index is -0.282. The van der Waals surface area contributed by atoms with Gasteiger partial charge in [-0.05, 0) is 48.2 Å². The Morgan fingerprint density at radius 3 is 2.70 bits per heavy atom. The van der Waals surface area contributed by atoms with E-state index in [-0.39, 0.29) is 41.3 Å². The van der Waals surface area contributed by atoms with E-state index in [1.165, 1.54) is 0 Å². The highest BCUT2D eigenvalue weighted by atomic mass is 32.2. The summed E-state index contributed by atoms with van der Waals surface area (Å²) in [4.78, 5) is 29.5. The Labute approximate surface area is 224 Å². The van der Waals surface area contributed by atoms with Crippen LogP contribution >= 0.6 is 23.1 Å². The monoisotopic (exact) mass is 534 g/mol. The van der Waals surface area contributed by atoms with Crippen LogP contribution in [0.5, 0.6) is 0 Å². The SMILES string of the molecule is Cc1cccc(-n2nc(C(C)(C)C)c3c2N(CC(=O)NCc2ccco2)C(=O)CS[C@H]3c2cccs2)c1. The Morgan fingerprint density at radius 1 is 1.19 bits per heavy atom. The highest BCUT2D eigenvalue weighted by Crippen LogP contribution is 2.49. The molecule has 0 fully saturated rings. The van der Waals surface area contributed by atoms with E-state index in [4.69, 9.17) is 9.52 Å². The van der Waals surface area contributed by atoms with Crippen molar-refractivity contribution in [3.63, 3.8) is 0 Å². The van der Waals surface area contributed by atoms with Crippen LogP contribution in [0, 0.1) is 6.92 Å². The highest BCUT2D eigenvalue weighted by Gasteiger charge is 2.40. The number of hydrogen-bond donors (Lipinski definition) is 1. The van der Waals surface area contributed by atoms with Crippen LogP contribution in [0.1, 0.15) is 53.5 Å². The number of anilines is 1. The van der Waals surface area contributed by atoms with Gasteiger partial charge in [0.2, 0.25) is 11.8 Å². The van der Waals surface area contributed by atoms with Gasteiger partial charge in [-0.15, -0.1) is 23.1 Å². The lowest BCUT2D eigenvalue weighted by Gasteiger charge is -2.24. The van der Waals surface area contributed by atoms with Crippen LogP contribution in [0.3, 0.4) is 0 Å². The number of carbonyl (C=O) groups excluding carboxylic acids is 2. The minimum absolute atomic E-state index is 0.0667. The van der Waals surface area contributed by atoms with Gasteiger partial charge in [0, 0.05) is 15.9 Å². The molecule has 1 aromatic carbocycles. The summed E-state index contributed by atoms with van der Waals surface area (Å²) < 4.78 is 7.20. The third-order valence-corrected chi connectivity index (χ3v) is 8.51. The molecule has 2 amide bonds. The lowest BCUT2D eigenvalue weighted by atomic mass is 9.88. The fraction of sp³-hybridized carbons (Fsp3) is 0.321. The van der Waals surface area contributed by atoms with Crippen molar-refractivity contribution in [2.45, 2.75) is 44.9 Å². The van der Waals surface area contributed by atoms with E-state index < -0.39 is 0 Å². The first-order valence-corrected chi connectivity index (χ1v) is 14.1. The number of thioether (sulfide) groups is 1. The summed E-state index contributed by atoms with van der Waals surface area (Å²) in [6, 6.07) is 15.8. The number of aryl methyl sites for hydroxylation is 1. The van der Waals surface area contributed by atoms with Gasteiger partial charge in [-0.2, -0.15) is 5.10 Å². The van der Waals surface area contributed by atoms with E-state index in [9.17, 15) is 9.59 Å². The van der Waals surface area contributed by atoms with Crippen LogP contribution in [0.25, 0.3) is 5.69 Å². The summed E-state index contributed by atoms with van der Waals surface area (Å²) in [5, 5.41) is 10.0. The molecule has 1 aliphatic rings. The summed E-state index contributed by atoms with van der Waals surface area (Å²) in [5.41, 5.74) is 3.58. The maximum Gasteiger partial charge on any atom is 0.240 e. The summed E-state index contributed by atoms with van der Waals surface area (Å²) in [6.07, 6.45) is 1.57. The summed E-state index contributed by atoms with van der Waals surface area (Å²) in [5.74, 6) is 1.21. The smallest absolute Gasteiger partial charge is 0.240 e. The number of amides is 2. The quantitative estimate of drug-likeness (QED) is 0.347. The van der Waals surface area contributed by atoms with Gasteiger partial charge in [0.25, 0.3) is 0 Å². The molecule has 3 aromatic heterocycles. The molecule has 192 valence electrons. The van der Waals surface area contributed by atoms with Crippen LogP contribution in [-0.2, 0) is 21.5 Å². The molecule has 7 nitrogen and oxygen atoms in total. The molecule has 0 bridgehead atoms. The Balaban J connectivity index is 1.65. The second-order valence-electron chi connectivity index (χ2n) is 10.1.